The van der Waals surface area contributed by atoms with Crippen LogP contribution in [0, 0.1) is 11.8 Å². The van der Waals surface area contributed by atoms with Crippen LogP contribution in [0.2, 0.25) is 5.02 Å². The van der Waals surface area contributed by atoms with Crippen LogP contribution in [0.3, 0.4) is 0 Å². The van der Waals surface area contributed by atoms with E-state index in [0.717, 1.165) is 5.56 Å². The van der Waals surface area contributed by atoms with E-state index in [1.165, 1.54) is 0 Å². The fraction of sp³-hybridized carbons (Fsp3) is 0.125. The fourth-order valence-electron chi connectivity index (χ4n) is 1.64. The summed E-state index contributed by atoms with van der Waals surface area (Å²) in [5.41, 5.74) is 0.230. The molecule has 1 atom stereocenters. The van der Waals surface area contributed by atoms with Crippen molar-refractivity contribution in [3.05, 3.63) is 70.7 Å². The molecule has 0 saturated carbocycles. The average molecular weight is 257 g/mol. The van der Waals surface area contributed by atoms with Gasteiger partial charge in [-0.1, -0.05) is 59.8 Å². The van der Waals surface area contributed by atoms with Gasteiger partial charge < -0.3 is 5.11 Å². The maximum Gasteiger partial charge on any atom is 0.149 e. The first-order valence-electron chi connectivity index (χ1n) is 5.65. The Morgan fingerprint density at radius 2 is 1.61 bits per heavy atom. The average Bonchev–Trinajstić information content (AvgIpc) is 2.38. The maximum atomic E-state index is 10.4. The van der Waals surface area contributed by atoms with Gasteiger partial charge in [0.2, 0.25) is 0 Å². The van der Waals surface area contributed by atoms with Crippen molar-refractivity contribution in [1.82, 2.24) is 0 Å². The lowest BCUT2D eigenvalue weighted by Gasteiger charge is -2.18. The number of halogens is 1. The van der Waals surface area contributed by atoms with E-state index < -0.39 is 5.60 Å². The van der Waals surface area contributed by atoms with E-state index in [0.29, 0.717) is 10.6 Å². The molecule has 0 heterocycles. The predicted octanol–water partition coefficient (Wildman–Crippen LogP) is 3.60. The highest BCUT2D eigenvalue weighted by Gasteiger charge is 2.22. The molecule has 0 unspecified atom stereocenters. The second-order valence-corrected chi connectivity index (χ2v) is 4.58. The van der Waals surface area contributed by atoms with Crippen molar-refractivity contribution in [2.45, 2.75) is 12.5 Å². The van der Waals surface area contributed by atoms with Gasteiger partial charge in [0.1, 0.15) is 5.60 Å². The smallest absolute Gasteiger partial charge is 0.149 e. The first-order chi connectivity index (χ1) is 8.59. The highest BCUT2D eigenvalue weighted by Crippen LogP contribution is 2.27. The molecule has 2 heteroatoms. The molecule has 0 amide bonds. The van der Waals surface area contributed by atoms with Gasteiger partial charge in [-0.3, -0.25) is 0 Å². The van der Waals surface area contributed by atoms with Gasteiger partial charge in [0.15, 0.2) is 0 Å². The molecular formula is C16H13ClO. The van der Waals surface area contributed by atoms with E-state index in [9.17, 15) is 5.11 Å². The van der Waals surface area contributed by atoms with Gasteiger partial charge in [-0.05, 0) is 25.1 Å². The van der Waals surface area contributed by atoms with Crippen LogP contribution in [0.1, 0.15) is 18.1 Å². The molecule has 1 nitrogen and oxygen atoms in total. The third-order valence-corrected chi connectivity index (χ3v) is 2.95. The van der Waals surface area contributed by atoms with E-state index in [-0.39, 0.29) is 0 Å². The van der Waals surface area contributed by atoms with E-state index in [4.69, 9.17) is 11.6 Å². The number of rotatable bonds is 1. The highest BCUT2D eigenvalue weighted by atomic mass is 35.5. The summed E-state index contributed by atoms with van der Waals surface area (Å²) in [5, 5.41) is 10.9. The third kappa shape index (κ3) is 2.92. The van der Waals surface area contributed by atoms with Crippen LogP contribution in [0.5, 0.6) is 0 Å². The van der Waals surface area contributed by atoms with E-state index in [2.05, 4.69) is 11.8 Å². The Balaban J connectivity index is 2.34. The Morgan fingerprint density at radius 3 is 2.28 bits per heavy atom. The third-order valence-electron chi connectivity index (χ3n) is 2.62. The van der Waals surface area contributed by atoms with Gasteiger partial charge in [0.25, 0.3) is 0 Å². The summed E-state index contributed by atoms with van der Waals surface area (Å²) in [7, 11) is 0. The summed E-state index contributed by atoms with van der Waals surface area (Å²) in [6.07, 6.45) is 0. The maximum absolute atomic E-state index is 10.4. The molecule has 0 aliphatic heterocycles. The van der Waals surface area contributed by atoms with Crippen LogP contribution < -0.4 is 0 Å². The van der Waals surface area contributed by atoms with Crippen LogP contribution in [-0.4, -0.2) is 5.11 Å². The largest absolute Gasteiger partial charge is 0.374 e. The molecule has 0 bridgehead atoms. The van der Waals surface area contributed by atoms with Gasteiger partial charge in [0, 0.05) is 16.1 Å². The zero-order valence-electron chi connectivity index (χ0n) is 10.0. The molecule has 2 rings (SSSR count). The molecule has 2 aromatic carbocycles. The van der Waals surface area contributed by atoms with Crippen LogP contribution in [-0.2, 0) is 5.60 Å². The van der Waals surface area contributed by atoms with Crippen molar-refractivity contribution < 1.29 is 5.11 Å². The van der Waals surface area contributed by atoms with Crippen molar-refractivity contribution in [2.75, 3.05) is 0 Å². The van der Waals surface area contributed by atoms with Crippen LogP contribution in [0.4, 0.5) is 0 Å². The molecule has 0 radical (unpaired) electrons. The second kappa shape index (κ2) is 5.27. The predicted molar refractivity (Wildman–Crippen MR) is 74.3 cm³/mol. The minimum atomic E-state index is -1.26. The normalized spacial score (nSPS) is 13.3. The lowest BCUT2D eigenvalue weighted by atomic mass is 9.96. The summed E-state index contributed by atoms with van der Waals surface area (Å²) in [4.78, 5) is 0. The van der Waals surface area contributed by atoms with Crippen molar-refractivity contribution in [1.29, 1.82) is 0 Å². The molecule has 0 aliphatic carbocycles. The summed E-state index contributed by atoms with van der Waals surface area (Å²) in [6.45, 7) is 1.64. The Bertz CT molecular complexity index is 591. The minimum absolute atomic E-state index is 0.518. The number of benzene rings is 2. The van der Waals surface area contributed by atoms with Gasteiger partial charge in [0.05, 0.1) is 0 Å². The van der Waals surface area contributed by atoms with E-state index in [1.54, 1.807) is 19.1 Å². The second-order valence-electron chi connectivity index (χ2n) is 4.17. The molecule has 90 valence electrons. The number of aliphatic hydroxyl groups is 1. The summed E-state index contributed by atoms with van der Waals surface area (Å²) < 4.78 is 0. The van der Waals surface area contributed by atoms with Gasteiger partial charge in [-0.2, -0.15) is 0 Å². The quantitative estimate of drug-likeness (QED) is 0.773. The van der Waals surface area contributed by atoms with Gasteiger partial charge >= 0.3 is 0 Å². The van der Waals surface area contributed by atoms with Crippen molar-refractivity contribution in [2.24, 2.45) is 0 Å². The van der Waals surface area contributed by atoms with E-state index in [1.807, 2.05) is 42.5 Å². The zero-order valence-corrected chi connectivity index (χ0v) is 10.8. The summed E-state index contributed by atoms with van der Waals surface area (Å²) >= 11 is 6.06. The molecule has 2 aromatic rings. The number of hydrogen-bond donors (Lipinski definition) is 1. The molecule has 0 spiro atoms. The molecule has 1 N–H and O–H groups in total. The Kier molecular flexibility index (Phi) is 3.72. The molecule has 0 aliphatic rings. The Labute approximate surface area is 112 Å². The van der Waals surface area contributed by atoms with Crippen LogP contribution >= 0.6 is 11.6 Å². The van der Waals surface area contributed by atoms with Crippen molar-refractivity contribution in [3.8, 4) is 11.8 Å². The fourth-order valence-corrected chi connectivity index (χ4v) is 1.96. The van der Waals surface area contributed by atoms with Gasteiger partial charge in [-0.25, -0.2) is 0 Å². The van der Waals surface area contributed by atoms with Crippen molar-refractivity contribution in [3.63, 3.8) is 0 Å². The first-order valence-corrected chi connectivity index (χ1v) is 6.03. The summed E-state index contributed by atoms with van der Waals surface area (Å²) in [5.74, 6) is 5.81. The standard InChI is InChI=1S/C16H13ClO/c1-16(18,14-9-5-6-10-15(14)17)12-11-13-7-3-2-4-8-13/h2-10,18H,1H3/t16-/m0/s1. The monoisotopic (exact) mass is 256 g/mol. The van der Waals surface area contributed by atoms with Crippen LogP contribution in [0.15, 0.2) is 54.6 Å². The molecule has 0 saturated heterocycles. The van der Waals surface area contributed by atoms with E-state index >= 15 is 0 Å². The topological polar surface area (TPSA) is 20.2 Å². The Morgan fingerprint density at radius 1 is 1.00 bits per heavy atom. The molecule has 18 heavy (non-hydrogen) atoms. The lowest BCUT2D eigenvalue weighted by Crippen LogP contribution is -2.18. The van der Waals surface area contributed by atoms with Crippen molar-refractivity contribution >= 4 is 11.6 Å². The number of hydrogen-bond acceptors (Lipinski definition) is 1. The molecular weight excluding hydrogens is 244 g/mol. The lowest BCUT2D eigenvalue weighted by molar-refractivity contribution is 0.122. The van der Waals surface area contributed by atoms with Crippen LogP contribution in [0.25, 0.3) is 0 Å². The highest BCUT2D eigenvalue weighted by molar-refractivity contribution is 6.31. The SMILES string of the molecule is C[C@](O)(C#Cc1ccccc1)c1ccccc1Cl. The Hall–Kier alpha value is -1.75. The molecule has 0 aromatic heterocycles. The summed E-state index contributed by atoms with van der Waals surface area (Å²) in [6, 6.07) is 16.7. The first kappa shape index (κ1) is 12.7. The molecule has 0 fully saturated rings. The van der Waals surface area contributed by atoms with Gasteiger partial charge in [-0.15, -0.1) is 0 Å². The minimum Gasteiger partial charge on any atom is -0.374 e. The zero-order chi connectivity index (χ0) is 13.0.